The summed E-state index contributed by atoms with van der Waals surface area (Å²) in [7, 11) is 3.29. The summed E-state index contributed by atoms with van der Waals surface area (Å²) in [5, 5.41) is 0. The molecule has 0 atom stereocenters. The van der Waals surface area contributed by atoms with Crippen LogP contribution in [-0.2, 0) is 17.9 Å². The zero-order valence-corrected chi connectivity index (χ0v) is 15.3. The van der Waals surface area contributed by atoms with E-state index in [0.717, 1.165) is 11.1 Å². The zero-order valence-electron chi connectivity index (χ0n) is 15.3. The molecule has 0 saturated carbocycles. The number of amides is 1. The monoisotopic (exact) mass is 363 g/mol. The number of rotatable bonds is 6. The fourth-order valence-electron chi connectivity index (χ4n) is 2.76. The number of hydrogen-bond donors (Lipinski definition) is 0. The Morgan fingerprint density at radius 1 is 1.11 bits per heavy atom. The van der Waals surface area contributed by atoms with E-state index in [4.69, 9.17) is 4.74 Å². The van der Waals surface area contributed by atoms with Gasteiger partial charge in [0.1, 0.15) is 12.3 Å². The predicted octanol–water partition coefficient (Wildman–Crippen LogP) is 2.58. The van der Waals surface area contributed by atoms with Crippen LogP contribution in [0.3, 0.4) is 0 Å². The van der Waals surface area contributed by atoms with Crippen molar-refractivity contribution < 1.29 is 9.53 Å². The minimum absolute atomic E-state index is 0.0542. The Hall–Kier alpha value is -3.41. The number of ether oxygens (including phenoxy) is 1. The number of benzene rings is 2. The van der Waals surface area contributed by atoms with Crippen LogP contribution < -0.4 is 10.3 Å². The van der Waals surface area contributed by atoms with E-state index in [1.165, 1.54) is 17.0 Å². The van der Waals surface area contributed by atoms with Crippen LogP contribution in [0.5, 0.6) is 5.75 Å². The van der Waals surface area contributed by atoms with Gasteiger partial charge in [0, 0.05) is 25.2 Å². The van der Waals surface area contributed by atoms with E-state index in [1.807, 2.05) is 54.6 Å². The summed E-state index contributed by atoms with van der Waals surface area (Å²) in [5.41, 5.74) is 1.99. The molecule has 3 rings (SSSR count). The second kappa shape index (κ2) is 8.31. The molecular weight excluding hydrogens is 342 g/mol. The standard InChI is InChI=1S/C21H21N3O3/c1-23(13-16-8-4-3-5-9-16)21(26)14-24-15-22-18(12-20(24)25)17-10-6-7-11-19(17)27-2/h3-12,15H,13-14H2,1-2H3. The third kappa shape index (κ3) is 4.41. The summed E-state index contributed by atoms with van der Waals surface area (Å²) in [4.78, 5) is 30.8. The van der Waals surface area contributed by atoms with Crippen LogP contribution in [0.2, 0.25) is 0 Å². The highest BCUT2D eigenvalue weighted by molar-refractivity contribution is 5.75. The van der Waals surface area contributed by atoms with E-state index in [1.54, 1.807) is 19.1 Å². The molecule has 27 heavy (non-hydrogen) atoms. The number of aromatic nitrogens is 2. The molecule has 1 heterocycles. The molecule has 0 unspecified atom stereocenters. The van der Waals surface area contributed by atoms with E-state index in [9.17, 15) is 9.59 Å². The van der Waals surface area contributed by atoms with Crippen LogP contribution >= 0.6 is 0 Å². The van der Waals surface area contributed by atoms with Gasteiger partial charge in [-0.15, -0.1) is 0 Å². The molecule has 1 amide bonds. The molecule has 0 fully saturated rings. The van der Waals surface area contributed by atoms with Gasteiger partial charge < -0.3 is 9.64 Å². The smallest absolute Gasteiger partial charge is 0.254 e. The molecule has 0 bridgehead atoms. The van der Waals surface area contributed by atoms with E-state index < -0.39 is 0 Å². The quantitative estimate of drug-likeness (QED) is 0.675. The number of methoxy groups -OCH3 is 1. The van der Waals surface area contributed by atoms with Crippen LogP contribution in [0.25, 0.3) is 11.3 Å². The Labute approximate surface area is 157 Å². The summed E-state index contributed by atoms with van der Waals surface area (Å²) in [6, 6.07) is 18.5. The van der Waals surface area contributed by atoms with Crippen LogP contribution in [-0.4, -0.2) is 34.5 Å². The minimum atomic E-state index is -0.285. The van der Waals surface area contributed by atoms with Crippen molar-refractivity contribution in [2.45, 2.75) is 13.1 Å². The molecule has 6 nitrogen and oxygen atoms in total. The third-order valence-corrected chi connectivity index (χ3v) is 4.26. The van der Waals surface area contributed by atoms with Crippen molar-refractivity contribution in [3.63, 3.8) is 0 Å². The van der Waals surface area contributed by atoms with E-state index in [2.05, 4.69) is 4.98 Å². The summed E-state index contributed by atoms with van der Waals surface area (Å²) in [5.74, 6) is 0.480. The Kier molecular flexibility index (Phi) is 5.66. The van der Waals surface area contributed by atoms with Crippen molar-refractivity contribution >= 4 is 5.91 Å². The molecule has 2 aromatic carbocycles. The van der Waals surface area contributed by atoms with Crippen molar-refractivity contribution in [3.8, 4) is 17.0 Å². The molecular formula is C21H21N3O3. The molecule has 1 aromatic heterocycles. The number of carbonyl (C=O) groups excluding carboxylic acids is 1. The topological polar surface area (TPSA) is 64.4 Å². The van der Waals surface area contributed by atoms with Crippen LogP contribution in [0.1, 0.15) is 5.56 Å². The molecule has 0 saturated heterocycles. The average molecular weight is 363 g/mol. The van der Waals surface area contributed by atoms with Crippen molar-refractivity contribution in [1.29, 1.82) is 0 Å². The lowest BCUT2D eigenvalue weighted by Gasteiger charge is -2.18. The van der Waals surface area contributed by atoms with Crippen molar-refractivity contribution in [2.75, 3.05) is 14.2 Å². The second-order valence-electron chi connectivity index (χ2n) is 6.18. The molecule has 6 heteroatoms. The highest BCUT2D eigenvalue weighted by Gasteiger charge is 2.13. The summed E-state index contributed by atoms with van der Waals surface area (Å²) >= 11 is 0. The summed E-state index contributed by atoms with van der Waals surface area (Å²) in [6.45, 7) is 0.433. The average Bonchev–Trinajstić information content (AvgIpc) is 2.70. The fraction of sp³-hybridized carbons (Fsp3) is 0.190. The Morgan fingerprint density at radius 3 is 2.52 bits per heavy atom. The number of hydrogen-bond acceptors (Lipinski definition) is 4. The highest BCUT2D eigenvalue weighted by atomic mass is 16.5. The summed E-state index contributed by atoms with van der Waals surface area (Å²) in [6.07, 6.45) is 1.40. The first-order valence-corrected chi connectivity index (χ1v) is 8.56. The molecule has 0 aliphatic heterocycles. The Balaban J connectivity index is 1.74. The van der Waals surface area contributed by atoms with Gasteiger partial charge in [-0.05, 0) is 17.7 Å². The van der Waals surface area contributed by atoms with Gasteiger partial charge in [0.2, 0.25) is 5.91 Å². The van der Waals surface area contributed by atoms with Crippen molar-refractivity contribution in [3.05, 3.63) is 82.9 Å². The molecule has 0 N–H and O–H groups in total. The maximum Gasteiger partial charge on any atom is 0.254 e. The van der Waals surface area contributed by atoms with Crippen LogP contribution in [0.4, 0.5) is 0 Å². The van der Waals surface area contributed by atoms with Gasteiger partial charge in [-0.2, -0.15) is 0 Å². The van der Waals surface area contributed by atoms with Gasteiger partial charge in [-0.1, -0.05) is 42.5 Å². The molecule has 0 aliphatic carbocycles. The second-order valence-corrected chi connectivity index (χ2v) is 6.18. The maximum absolute atomic E-state index is 12.4. The van der Waals surface area contributed by atoms with E-state index in [0.29, 0.717) is 18.0 Å². The van der Waals surface area contributed by atoms with Gasteiger partial charge in [-0.25, -0.2) is 4.98 Å². The molecule has 0 spiro atoms. The van der Waals surface area contributed by atoms with Crippen molar-refractivity contribution in [1.82, 2.24) is 14.5 Å². The van der Waals surface area contributed by atoms with Crippen molar-refractivity contribution in [2.24, 2.45) is 0 Å². The summed E-state index contributed by atoms with van der Waals surface area (Å²) < 4.78 is 6.62. The first-order valence-electron chi connectivity index (χ1n) is 8.56. The highest BCUT2D eigenvalue weighted by Crippen LogP contribution is 2.26. The van der Waals surface area contributed by atoms with Crippen LogP contribution in [0, 0.1) is 0 Å². The normalized spacial score (nSPS) is 10.4. The molecule has 138 valence electrons. The molecule has 0 aliphatic rings. The first-order chi connectivity index (χ1) is 13.1. The SMILES string of the molecule is COc1ccccc1-c1cc(=O)n(CC(=O)N(C)Cc2ccccc2)cn1. The molecule has 3 aromatic rings. The number of nitrogens with zero attached hydrogens (tertiary/aromatic N) is 3. The lowest BCUT2D eigenvalue weighted by Crippen LogP contribution is -2.33. The number of likely N-dealkylation sites (N-methyl/N-ethyl adjacent to an activating group) is 1. The lowest BCUT2D eigenvalue weighted by atomic mass is 10.1. The number of carbonyl (C=O) groups is 1. The third-order valence-electron chi connectivity index (χ3n) is 4.26. The number of para-hydroxylation sites is 1. The van der Waals surface area contributed by atoms with E-state index >= 15 is 0 Å². The minimum Gasteiger partial charge on any atom is -0.496 e. The lowest BCUT2D eigenvalue weighted by molar-refractivity contribution is -0.131. The Bertz CT molecular complexity index is 983. The van der Waals surface area contributed by atoms with Gasteiger partial charge in [-0.3, -0.25) is 14.2 Å². The van der Waals surface area contributed by atoms with Gasteiger partial charge in [0.15, 0.2) is 0 Å². The molecule has 0 radical (unpaired) electrons. The first kappa shape index (κ1) is 18.4. The van der Waals surface area contributed by atoms with Gasteiger partial charge in [0.05, 0.1) is 19.1 Å². The van der Waals surface area contributed by atoms with Crippen LogP contribution in [0.15, 0.2) is 71.8 Å². The van der Waals surface area contributed by atoms with E-state index in [-0.39, 0.29) is 18.0 Å². The largest absolute Gasteiger partial charge is 0.496 e. The predicted molar refractivity (Wildman–Crippen MR) is 103 cm³/mol. The maximum atomic E-state index is 12.4. The van der Waals surface area contributed by atoms with Gasteiger partial charge >= 0.3 is 0 Å². The Morgan fingerprint density at radius 2 is 1.81 bits per heavy atom. The van der Waals surface area contributed by atoms with Gasteiger partial charge in [0.25, 0.3) is 5.56 Å². The zero-order chi connectivity index (χ0) is 19.2. The fourth-order valence-corrected chi connectivity index (χ4v) is 2.76.